The van der Waals surface area contributed by atoms with Crippen LogP contribution in [0.15, 0.2) is 16.6 Å². The Hall–Kier alpha value is -0.620. The summed E-state index contributed by atoms with van der Waals surface area (Å²) in [6.07, 6.45) is 0. The third-order valence-corrected chi connectivity index (χ3v) is 3.92. The van der Waals surface area contributed by atoms with Crippen molar-refractivity contribution in [2.45, 2.75) is 0 Å². The van der Waals surface area contributed by atoms with Crippen molar-refractivity contribution in [1.82, 2.24) is 4.90 Å². The van der Waals surface area contributed by atoms with Gasteiger partial charge in [-0.25, -0.2) is 8.78 Å². The molecule has 0 aliphatic carbocycles. The molecule has 0 saturated carbocycles. The molecule has 0 N–H and O–H groups in total. The molecular weight excluding hydrogens is 312 g/mol. The molecule has 1 aromatic carbocycles. The van der Waals surface area contributed by atoms with E-state index in [4.69, 9.17) is 0 Å². The fraction of sp³-hybridized carbons (Fsp3) is 0.364. The van der Waals surface area contributed by atoms with Gasteiger partial charge in [0.15, 0.2) is 0 Å². The fourth-order valence-corrected chi connectivity index (χ4v) is 2.98. The van der Waals surface area contributed by atoms with Crippen LogP contribution in [0, 0.1) is 11.6 Å². The standard InChI is InChI=1S/C11H10BrF2NOS/c12-7-5-8(13)10(9(14)6-7)11(16)15-1-3-17-4-2-15/h5-6H,1-4H2. The van der Waals surface area contributed by atoms with Crippen molar-refractivity contribution in [2.24, 2.45) is 0 Å². The highest BCUT2D eigenvalue weighted by molar-refractivity contribution is 9.10. The van der Waals surface area contributed by atoms with Gasteiger partial charge in [-0.15, -0.1) is 0 Å². The molecule has 6 heteroatoms. The smallest absolute Gasteiger partial charge is 0.259 e. The normalized spacial score (nSPS) is 16.1. The zero-order chi connectivity index (χ0) is 12.4. The minimum absolute atomic E-state index is 0.290. The molecule has 1 aliphatic rings. The second-order valence-corrected chi connectivity index (χ2v) is 5.79. The van der Waals surface area contributed by atoms with Crippen LogP contribution in [0.4, 0.5) is 8.78 Å². The van der Waals surface area contributed by atoms with Crippen molar-refractivity contribution in [1.29, 1.82) is 0 Å². The van der Waals surface area contributed by atoms with Gasteiger partial charge in [0.25, 0.3) is 5.91 Å². The van der Waals surface area contributed by atoms with Crippen molar-refractivity contribution >= 4 is 33.6 Å². The lowest BCUT2D eigenvalue weighted by Gasteiger charge is -2.26. The van der Waals surface area contributed by atoms with Crippen LogP contribution in [0.2, 0.25) is 0 Å². The van der Waals surface area contributed by atoms with E-state index in [1.807, 2.05) is 0 Å². The summed E-state index contributed by atoms with van der Waals surface area (Å²) in [7, 11) is 0. The average Bonchev–Trinajstić information content (AvgIpc) is 2.28. The molecule has 0 unspecified atom stereocenters. The summed E-state index contributed by atoms with van der Waals surface area (Å²) in [6, 6.07) is 2.21. The summed E-state index contributed by atoms with van der Waals surface area (Å²) < 4.78 is 27.5. The molecule has 0 radical (unpaired) electrons. The molecule has 1 aliphatic heterocycles. The highest BCUT2D eigenvalue weighted by Gasteiger charge is 2.24. The highest BCUT2D eigenvalue weighted by atomic mass is 79.9. The van der Waals surface area contributed by atoms with Gasteiger partial charge in [0.05, 0.1) is 0 Å². The summed E-state index contributed by atoms with van der Waals surface area (Å²) in [5, 5.41) is 0. The van der Waals surface area contributed by atoms with Gasteiger partial charge < -0.3 is 4.90 Å². The van der Waals surface area contributed by atoms with E-state index in [0.717, 1.165) is 23.6 Å². The lowest BCUT2D eigenvalue weighted by Crippen LogP contribution is -2.38. The lowest BCUT2D eigenvalue weighted by atomic mass is 10.1. The van der Waals surface area contributed by atoms with Crippen molar-refractivity contribution in [3.63, 3.8) is 0 Å². The van der Waals surface area contributed by atoms with Crippen LogP contribution in [-0.2, 0) is 0 Å². The maximum absolute atomic E-state index is 13.6. The molecule has 0 bridgehead atoms. The molecule has 2 rings (SSSR count). The molecule has 0 aromatic heterocycles. The molecule has 0 spiro atoms. The molecule has 2 nitrogen and oxygen atoms in total. The Bertz CT molecular complexity index is 426. The first-order chi connectivity index (χ1) is 8.09. The van der Waals surface area contributed by atoms with Crippen LogP contribution < -0.4 is 0 Å². The highest BCUT2D eigenvalue weighted by Crippen LogP contribution is 2.22. The van der Waals surface area contributed by atoms with Gasteiger partial charge in [-0.3, -0.25) is 4.79 Å². The zero-order valence-electron chi connectivity index (χ0n) is 8.88. The number of rotatable bonds is 1. The summed E-state index contributed by atoms with van der Waals surface area (Å²) in [6.45, 7) is 1.08. The van der Waals surface area contributed by atoms with E-state index in [-0.39, 0.29) is 0 Å². The molecular formula is C11H10BrF2NOS. The number of hydrogen-bond acceptors (Lipinski definition) is 2. The molecule has 0 atom stereocenters. The van der Waals surface area contributed by atoms with Gasteiger partial charge in [-0.1, -0.05) is 15.9 Å². The van der Waals surface area contributed by atoms with Crippen molar-refractivity contribution in [3.8, 4) is 0 Å². The predicted octanol–water partition coefficient (Wildman–Crippen LogP) is 2.92. The first kappa shape index (κ1) is 12.8. The number of carbonyl (C=O) groups is 1. The number of hydrogen-bond donors (Lipinski definition) is 0. The Labute approximate surface area is 110 Å². The summed E-state index contributed by atoms with van der Waals surface area (Å²) in [4.78, 5) is 13.5. The number of thioether (sulfide) groups is 1. The summed E-state index contributed by atoms with van der Waals surface area (Å²) in [5.74, 6) is -0.579. The summed E-state index contributed by atoms with van der Waals surface area (Å²) >= 11 is 4.72. The van der Waals surface area contributed by atoms with E-state index in [2.05, 4.69) is 15.9 Å². The van der Waals surface area contributed by atoms with Gasteiger partial charge in [-0.05, 0) is 12.1 Å². The number of carbonyl (C=O) groups excluding carboxylic acids is 1. The van der Waals surface area contributed by atoms with Crippen LogP contribution >= 0.6 is 27.7 Å². The van der Waals surface area contributed by atoms with E-state index >= 15 is 0 Å². The number of benzene rings is 1. The molecule has 17 heavy (non-hydrogen) atoms. The molecule has 1 aromatic rings. The SMILES string of the molecule is O=C(c1c(F)cc(Br)cc1F)N1CCSCC1. The minimum atomic E-state index is -0.819. The summed E-state index contributed by atoms with van der Waals surface area (Å²) in [5.41, 5.74) is -0.458. The monoisotopic (exact) mass is 321 g/mol. The Morgan fingerprint density at radius 2 is 1.76 bits per heavy atom. The largest absolute Gasteiger partial charge is 0.337 e. The molecule has 92 valence electrons. The van der Waals surface area contributed by atoms with Crippen molar-refractivity contribution in [3.05, 3.63) is 33.8 Å². The maximum Gasteiger partial charge on any atom is 0.259 e. The maximum atomic E-state index is 13.6. The fourth-order valence-electron chi connectivity index (χ4n) is 1.67. The van der Waals surface area contributed by atoms with Gasteiger partial charge in [0, 0.05) is 29.1 Å². The van der Waals surface area contributed by atoms with Crippen molar-refractivity contribution in [2.75, 3.05) is 24.6 Å². The first-order valence-electron chi connectivity index (χ1n) is 5.11. The van der Waals surface area contributed by atoms with Crippen molar-refractivity contribution < 1.29 is 13.6 Å². The van der Waals surface area contributed by atoms with Gasteiger partial charge in [0.2, 0.25) is 0 Å². The van der Waals surface area contributed by atoms with Crippen LogP contribution in [0.1, 0.15) is 10.4 Å². The third kappa shape index (κ3) is 2.80. The molecule has 1 saturated heterocycles. The second-order valence-electron chi connectivity index (χ2n) is 3.65. The second kappa shape index (κ2) is 5.35. The van der Waals surface area contributed by atoms with Crippen LogP contribution in [0.3, 0.4) is 0 Å². The number of halogens is 3. The predicted molar refractivity (Wildman–Crippen MR) is 67.3 cm³/mol. The molecule has 1 amide bonds. The van der Waals surface area contributed by atoms with E-state index in [1.54, 1.807) is 11.8 Å². The van der Waals surface area contributed by atoms with Gasteiger partial charge >= 0.3 is 0 Å². The van der Waals surface area contributed by atoms with E-state index in [1.165, 1.54) is 4.90 Å². The van der Waals surface area contributed by atoms with Gasteiger partial charge in [-0.2, -0.15) is 11.8 Å². The van der Waals surface area contributed by atoms with E-state index in [9.17, 15) is 13.6 Å². The van der Waals surface area contributed by atoms with Crippen LogP contribution in [0.25, 0.3) is 0 Å². The number of nitrogens with zero attached hydrogens (tertiary/aromatic N) is 1. The van der Waals surface area contributed by atoms with Crippen LogP contribution in [0.5, 0.6) is 0 Å². The zero-order valence-corrected chi connectivity index (χ0v) is 11.3. The topological polar surface area (TPSA) is 20.3 Å². The lowest BCUT2D eigenvalue weighted by molar-refractivity contribution is 0.0762. The molecule has 1 heterocycles. The third-order valence-electron chi connectivity index (χ3n) is 2.52. The quantitative estimate of drug-likeness (QED) is 0.792. The number of amides is 1. The van der Waals surface area contributed by atoms with E-state index < -0.39 is 23.1 Å². The minimum Gasteiger partial charge on any atom is -0.337 e. The first-order valence-corrected chi connectivity index (χ1v) is 7.06. The Morgan fingerprint density at radius 1 is 1.24 bits per heavy atom. The van der Waals surface area contributed by atoms with Gasteiger partial charge in [0.1, 0.15) is 17.2 Å². The Balaban J connectivity index is 2.30. The Morgan fingerprint density at radius 3 is 2.29 bits per heavy atom. The van der Waals surface area contributed by atoms with E-state index in [0.29, 0.717) is 17.6 Å². The Kier molecular flexibility index (Phi) is 4.04. The molecule has 1 fully saturated rings. The average molecular weight is 322 g/mol. The van der Waals surface area contributed by atoms with Crippen LogP contribution in [-0.4, -0.2) is 35.4 Å².